The molecule has 0 N–H and O–H groups in total. The molecule has 2 aliphatic rings. The first-order chi connectivity index (χ1) is 12.2. The maximum atomic E-state index is 9.28. The summed E-state index contributed by atoms with van der Waals surface area (Å²) in [5, 5.41) is 10.8. The number of aromatic nitrogens is 1. The summed E-state index contributed by atoms with van der Waals surface area (Å²) in [5.74, 6) is 0.794. The first-order valence-corrected chi connectivity index (χ1v) is 9.25. The van der Waals surface area contributed by atoms with Crippen LogP contribution < -0.4 is 4.90 Å². The minimum absolute atomic E-state index is 0.382. The van der Waals surface area contributed by atoms with Crippen molar-refractivity contribution in [1.82, 2.24) is 9.88 Å². The zero-order valence-electron chi connectivity index (χ0n) is 13.8. The Bertz CT molecular complexity index is 838. The van der Waals surface area contributed by atoms with Gasteiger partial charge in [0.15, 0.2) is 0 Å². The Morgan fingerprint density at radius 2 is 1.96 bits per heavy atom. The van der Waals surface area contributed by atoms with Crippen molar-refractivity contribution in [3.63, 3.8) is 0 Å². The molecule has 1 fully saturated rings. The Labute approximate surface area is 157 Å². The highest BCUT2D eigenvalue weighted by Gasteiger charge is 2.32. The molecule has 1 saturated heterocycles. The second-order valence-corrected chi connectivity index (χ2v) is 7.36. The van der Waals surface area contributed by atoms with E-state index in [9.17, 15) is 5.26 Å². The van der Waals surface area contributed by atoms with Gasteiger partial charge < -0.3 is 4.90 Å². The zero-order valence-corrected chi connectivity index (χ0v) is 15.3. The lowest BCUT2D eigenvalue weighted by Crippen LogP contribution is -2.47. The van der Waals surface area contributed by atoms with Gasteiger partial charge in [-0.05, 0) is 48.2 Å². The van der Waals surface area contributed by atoms with Crippen LogP contribution in [0.2, 0.25) is 10.0 Å². The van der Waals surface area contributed by atoms with E-state index < -0.39 is 0 Å². The fourth-order valence-electron chi connectivity index (χ4n) is 3.98. The molecule has 0 saturated carbocycles. The van der Waals surface area contributed by atoms with Crippen LogP contribution in [0.5, 0.6) is 0 Å². The minimum atomic E-state index is 0.382. The van der Waals surface area contributed by atoms with Gasteiger partial charge in [0.1, 0.15) is 11.9 Å². The van der Waals surface area contributed by atoms with Gasteiger partial charge in [-0.2, -0.15) is 5.26 Å². The Kier molecular flexibility index (Phi) is 4.56. The fraction of sp³-hybridized carbons (Fsp3) is 0.368. The molecule has 1 atom stereocenters. The summed E-state index contributed by atoms with van der Waals surface area (Å²) in [6, 6.07) is 10.2. The molecule has 2 aromatic rings. The summed E-state index contributed by atoms with van der Waals surface area (Å²) in [5.41, 5.74) is 3.16. The van der Waals surface area contributed by atoms with Gasteiger partial charge in [-0.15, -0.1) is 0 Å². The maximum absolute atomic E-state index is 9.28. The second kappa shape index (κ2) is 6.84. The molecule has 0 radical (unpaired) electrons. The summed E-state index contributed by atoms with van der Waals surface area (Å²) < 4.78 is 0. The Hall–Kier alpha value is -1.80. The molecule has 128 valence electrons. The van der Waals surface area contributed by atoms with E-state index in [-0.39, 0.29) is 0 Å². The summed E-state index contributed by atoms with van der Waals surface area (Å²) >= 11 is 12.6. The van der Waals surface area contributed by atoms with Crippen LogP contribution in [0, 0.1) is 11.3 Å². The van der Waals surface area contributed by atoms with Gasteiger partial charge in [-0.3, -0.25) is 4.90 Å². The van der Waals surface area contributed by atoms with Gasteiger partial charge in [0.2, 0.25) is 0 Å². The second-order valence-electron chi connectivity index (χ2n) is 6.52. The lowest BCUT2D eigenvalue weighted by Gasteiger charge is -2.39. The number of hydrogen-bond donors (Lipinski definition) is 0. The molecule has 0 amide bonds. The molecule has 1 unspecified atom stereocenters. The monoisotopic (exact) mass is 372 g/mol. The van der Waals surface area contributed by atoms with Gasteiger partial charge in [-0.25, -0.2) is 4.98 Å². The van der Waals surface area contributed by atoms with Gasteiger partial charge in [0, 0.05) is 48.5 Å². The van der Waals surface area contributed by atoms with Gasteiger partial charge in [0.25, 0.3) is 0 Å². The topological polar surface area (TPSA) is 43.2 Å². The molecule has 1 aromatic heterocycles. The molecular weight excluding hydrogens is 355 g/mol. The van der Waals surface area contributed by atoms with E-state index in [0.29, 0.717) is 16.6 Å². The van der Waals surface area contributed by atoms with Gasteiger partial charge in [-0.1, -0.05) is 23.2 Å². The predicted octanol–water partition coefficient (Wildman–Crippen LogP) is 4.07. The average molecular weight is 373 g/mol. The van der Waals surface area contributed by atoms with E-state index in [1.807, 2.05) is 12.1 Å². The first-order valence-electron chi connectivity index (χ1n) is 8.49. The van der Waals surface area contributed by atoms with E-state index in [4.69, 9.17) is 23.2 Å². The molecule has 25 heavy (non-hydrogen) atoms. The van der Waals surface area contributed by atoms with Crippen molar-refractivity contribution in [2.75, 3.05) is 31.1 Å². The zero-order chi connectivity index (χ0) is 17.4. The van der Waals surface area contributed by atoms with Crippen molar-refractivity contribution in [2.24, 2.45) is 0 Å². The van der Waals surface area contributed by atoms with Crippen molar-refractivity contribution in [2.45, 2.75) is 18.9 Å². The number of nitrogens with zero attached hydrogens (tertiary/aromatic N) is 4. The van der Waals surface area contributed by atoms with Gasteiger partial charge >= 0.3 is 0 Å². The average Bonchev–Trinajstić information content (AvgIpc) is 3.06. The number of nitriles is 1. The minimum Gasteiger partial charge on any atom is -0.353 e. The highest BCUT2D eigenvalue weighted by molar-refractivity contribution is 6.35. The number of anilines is 1. The van der Waals surface area contributed by atoms with E-state index in [0.717, 1.165) is 49.9 Å². The van der Waals surface area contributed by atoms with Crippen molar-refractivity contribution < 1.29 is 0 Å². The summed E-state index contributed by atoms with van der Waals surface area (Å²) in [6.07, 6.45) is 3.84. The number of pyridine rings is 1. The third-order valence-corrected chi connectivity index (χ3v) is 5.74. The molecular formula is C19H18Cl2N4. The molecule has 1 aliphatic carbocycles. The van der Waals surface area contributed by atoms with Crippen LogP contribution >= 0.6 is 23.2 Å². The molecule has 6 heteroatoms. The van der Waals surface area contributed by atoms with E-state index in [2.05, 4.69) is 26.9 Å². The lowest BCUT2D eigenvalue weighted by atomic mass is 10.1. The molecule has 0 bridgehead atoms. The third kappa shape index (κ3) is 3.08. The number of benzene rings is 1. The van der Waals surface area contributed by atoms with E-state index in [1.54, 1.807) is 12.3 Å². The predicted molar refractivity (Wildman–Crippen MR) is 100 cm³/mol. The van der Waals surface area contributed by atoms with Crippen LogP contribution in [0.25, 0.3) is 0 Å². The molecule has 2 heterocycles. The molecule has 1 aromatic carbocycles. The normalized spacial score (nSPS) is 20.4. The van der Waals surface area contributed by atoms with Crippen LogP contribution in [-0.4, -0.2) is 36.1 Å². The molecule has 4 nitrogen and oxygen atoms in total. The number of piperazine rings is 1. The summed E-state index contributed by atoms with van der Waals surface area (Å²) in [4.78, 5) is 9.11. The van der Waals surface area contributed by atoms with Crippen molar-refractivity contribution in [3.05, 3.63) is 57.2 Å². The maximum Gasteiger partial charge on any atom is 0.146 e. The Balaban J connectivity index is 1.50. The highest BCUT2D eigenvalue weighted by atomic mass is 35.5. The lowest BCUT2D eigenvalue weighted by molar-refractivity contribution is 0.185. The number of fused-ring (bicyclic) bond motifs is 1. The van der Waals surface area contributed by atoms with Crippen LogP contribution in [0.15, 0.2) is 30.5 Å². The van der Waals surface area contributed by atoms with E-state index in [1.165, 1.54) is 11.1 Å². The van der Waals surface area contributed by atoms with Crippen LogP contribution in [0.4, 0.5) is 5.82 Å². The van der Waals surface area contributed by atoms with Crippen molar-refractivity contribution in [3.8, 4) is 6.07 Å². The largest absolute Gasteiger partial charge is 0.353 e. The van der Waals surface area contributed by atoms with Gasteiger partial charge in [0.05, 0.1) is 5.56 Å². The van der Waals surface area contributed by atoms with E-state index >= 15 is 0 Å². The summed E-state index contributed by atoms with van der Waals surface area (Å²) in [7, 11) is 0. The molecule has 4 rings (SSSR count). The molecule has 0 spiro atoms. The smallest absolute Gasteiger partial charge is 0.146 e. The molecule has 1 aliphatic heterocycles. The SMILES string of the molecule is N#Cc1cccnc1N1CCN(C2CCc3c(Cl)cc(Cl)cc32)CC1. The Morgan fingerprint density at radius 1 is 1.16 bits per heavy atom. The number of hydrogen-bond acceptors (Lipinski definition) is 4. The van der Waals surface area contributed by atoms with Crippen LogP contribution in [-0.2, 0) is 6.42 Å². The van der Waals surface area contributed by atoms with Crippen molar-refractivity contribution in [1.29, 1.82) is 5.26 Å². The Morgan fingerprint density at radius 3 is 2.72 bits per heavy atom. The highest BCUT2D eigenvalue weighted by Crippen LogP contribution is 2.41. The number of halogens is 2. The van der Waals surface area contributed by atoms with Crippen molar-refractivity contribution >= 4 is 29.0 Å². The summed E-state index contributed by atoms with van der Waals surface area (Å²) in [6.45, 7) is 3.61. The fourth-order valence-corrected chi connectivity index (χ4v) is 4.59. The third-order valence-electron chi connectivity index (χ3n) is 5.18. The standard InChI is InChI=1S/C19H18Cl2N4/c20-14-10-16-15(17(21)11-14)3-4-18(16)24-6-8-25(9-7-24)19-13(12-22)2-1-5-23-19/h1-2,5,10-11,18H,3-4,6-9H2. The quantitative estimate of drug-likeness (QED) is 0.796. The van der Waals surface area contributed by atoms with Crippen LogP contribution in [0.3, 0.4) is 0 Å². The van der Waals surface area contributed by atoms with Crippen LogP contribution in [0.1, 0.15) is 29.2 Å². The first kappa shape index (κ1) is 16.7. The number of rotatable bonds is 2.